The molecule has 1 heterocycles. The SMILES string of the molecule is CC(N)C(=O)N(C)C1CCSCC1. The maximum absolute atomic E-state index is 11.5. The van der Waals surface area contributed by atoms with Gasteiger partial charge in [-0.1, -0.05) is 0 Å². The number of hydrogen-bond donors (Lipinski definition) is 1. The van der Waals surface area contributed by atoms with Crippen LogP contribution in [0.1, 0.15) is 19.8 Å². The van der Waals surface area contributed by atoms with Gasteiger partial charge in [-0.2, -0.15) is 11.8 Å². The largest absolute Gasteiger partial charge is 0.341 e. The first-order valence-electron chi connectivity index (χ1n) is 4.73. The Morgan fingerprint density at radius 1 is 1.54 bits per heavy atom. The van der Waals surface area contributed by atoms with E-state index in [0.717, 1.165) is 12.8 Å². The van der Waals surface area contributed by atoms with Crippen molar-refractivity contribution in [2.24, 2.45) is 5.73 Å². The molecular weight excluding hydrogens is 184 g/mol. The molecule has 13 heavy (non-hydrogen) atoms. The standard InChI is InChI=1S/C9H18N2OS/c1-7(10)9(12)11(2)8-3-5-13-6-4-8/h7-8H,3-6,10H2,1-2H3. The summed E-state index contributed by atoms with van der Waals surface area (Å²) >= 11 is 1.97. The minimum absolute atomic E-state index is 0.0666. The minimum Gasteiger partial charge on any atom is -0.341 e. The van der Waals surface area contributed by atoms with Crippen molar-refractivity contribution in [3.8, 4) is 0 Å². The molecule has 1 fully saturated rings. The molecule has 76 valence electrons. The Kier molecular flexibility index (Phi) is 4.06. The number of carbonyl (C=O) groups is 1. The van der Waals surface area contributed by atoms with Gasteiger partial charge in [0.05, 0.1) is 6.04 Å². The number of likely N-dealkylation sites (N-methyl/N-ethyl adjacent to an activating group) is 1. The smallest absolute Gasteiger partial charge is 0.239 e. The van der Waals surface area contributed by atoms with Crippen LogP contribution in [0.15, 0.2) is 0 Å². The summed E-state index contributed by atoms with van der Waals surface area (Å²) in [4.78, 5) is 13.4. The molecule has 1 aliphatic rings. The Balaban J connectivity index is 2.45. The maximum atomic E-state index is 11.5. The summed E-state index contributed by atoms with van der Waals surface area (Å²) in [6.07, 6.45) is 2.22. The molecular formula is C9H18N2OS. The van der Waals surface area contributed by atoms with Gasteiger partial charge < -0.3 is 10.6 Å². The molecule has 1 amide bonds. The van der Waals surface area contributed by atoms with Crippen molar-refractivity contribution in [2.75, 3.05) is 18.6 Å². The lowest BCUT2D eigenvalue weighted by Crippen LogP contribution is -2.46. The quantitative estimate of drug-likeness (QED) is 0.716. The molecule has 0 spiro atoms. The second kappa shape index (κ2) is 4.86. The van der Waals surface area contributed by atoms with E-state index >= 15 is 0 Å². The highest BCUT2D eigenvalue weighted by atomic mass is 32.2. The molecule has 0 aliphatic carbocycles. The molecule has 1 atom stereocenters. The summed E-state index contributed by atoms with van der Waals surface area (Å²) in [5.41, 5.74) is 5.55. The van der Waals surface area contributed by atoms with Crippen molar-refractivity contribution in [1.82, 2.24) is 4.90 Å². The molecule has 0 aromatic carbocycles. The van der Waals surface area contributed by atoms with Crippen molar-refractivity contribution < 1.29 is 4.79 Å². The van der Waals surface area contributed by atoms with E-state index in [-0.39, 0.29) is 11.9 Å². The van der Waals surface area contributed by atoms with Gasteiger partial charge in [0.2, 0.25) is 5.91 Å². The van der Waals surface area contributed by atoms with Gasteiger partial charge >= 0.3 is 0 Å². The summed E-state index contributed by atoms with van der Waals surface area (Å²) in [5.74, 6) is 2.40. The van der Waals surface area contributed by atoms with Gasteiger partial charge in [0.25, 0.3) is 0 Å². The van der Waals surface area contributed by atoms with Crippen LogP contribution in [0.4, 0.5) is 0 Å². The first-order chi connectivity index (χ1) is 6.13. The topological polar surface area (TPSA) is 46.3 Å². The Hall–Kier alpha value is -0.220. The molecule has 0 bridgehead atoms. The van der Waals surface area contributed by atoms with Crippen LogP contribution in [0.5, 0.6) is 0 Å². The van der Waals surface area contributed by atoms with Gasteiger partial charge in [0.1, 0.15) is 0 Å². The fourth-order valence-electron chi connectivity index (χ4n) is 1.57. The third-order valence-electron chi connectivity index (χ3n) is 2.48. The van der Waals surface area contributed by atoms with Crippen LogP contribution >= 0.6 is 11.8 Å². The minimum atomic E-state index is -0.362. The molecule has 4 heteroatoms. The Labute approximate surface area is 84.0 Å². The number of nitrogens with zero attached hydrogens (tertiary/aromatic N) is 1. The van der Waals surface area contributed by atoms with Crippen molar-refractivity contribution in [3.05, 3.63) is 0 Å². The molecule has 1 rings (SSSR count). The lowest BCUT2D eigenvalue weighted by Gasteiger charge is -2.32. The molecule has 3 nitrogen and oxygen atoms in total. The monoisotopic (exact) mass is 202 g/mol. The fourth-order valence-corrected chi connectivity index (χ4v) is 2.66. The van der Waals surface area contributed by atoms with E-state index in [1.807, 2.05) is 23.7 Å². The van der Waals surface area contributed by atoms with E-state index < -0.39 is 0 Å². The zero-order chi connectivity index (χ0) is 9.84. The number of amides is 1. The van der Waals surface area contributed by atoms with Gasteiger partial charge in [-0.25, -0.2) is 0 Å². The molecule has 1 saturated heterocycles. The Morgan fingerprint density at radius 2 is 2.08 bits per heavy atom. The number of rotatable bonds is 2. The van der Waals surface area contributed by atoms with Crippen LogP contribution in [0, 0.1) is 0 Å². The first kappa shape index (κ1) is 10.9. The second-order valence-corrected chi connectivity index (χ2v) is 4.81. The molecule has 1 unspecified atom stereocenters. The highest BCUT2D eigenvalue weighted by Crippen LogP contribution is 2.20. The highest BCUT2D eigenvalue weighted by molar-refractivity contribution is 7.99. The average molecular weight is 202 g/mol. The molecule has 0 aromatic heterocycles. The van der Waals surface area contributed by atoms with Crippen molar-refractivity contribution >= 4 is 17.7 Å². The maximum Gasteiger partial charge on any atom is 0.239 e. The molecule has 1 aliphatic heterocycles. The van der Waals surface area contributed by atoms with Crippen LogP contribution in [0.3, 0.4) is 0 Å². The van der Waals surface area contributed by atoms with Crippen LogP contribution in [0.25, 0.3) is 0 Å². The second-order valence-electron chi connectivity index (χ2n) is 3.58. The lowest BCUT2D eigenvalue weighted by atomic mass is 10.1. The normalized spacial score (nSPS) is 21.2. The summed E-state index contributed by atoms with van der Waals surface area (Å²) in [7, 11) is 1.87. The summed E-state index contributed by atoms with van der Waals surface area (Å²) < 4.78 is 0. The van der Waals surface area contributed by atoms with Crippen molar-refractivity contribution in [3.63, 3.8) is 0 Å². The van der Waals surface area contributed by atoms with Gasteiger partial charge in [-0.15, -0.1) is 0 Å². The number of hydrogen-bond acceptors (Lipinski definition) is 3. The van der Waals surface area contributed by atoms with E-state index in [1.165, 1.54) is 11.5 Å². The molecule has 0 aromatic rings. The van der Waals surface area contributed by atoms with Crippen LogP contribution in [0.2, 0.25) is 0 Å². The van der Waals surface area contributed by atoms with E-state index in [9.17, 15) is 4.79 Å². The summed E-state index contributed by atoms with van der Waals surface area (Å²) in [6.45, 7) is 1.75. The predicted octanol–water partition coefficient (Wildman–Crippen LogP) is 0.688. The van der Waals surface area contributed by atoms with Crippen LogP contribution < -0.4 is 5.73 Å². The van der Waals surface area contributed by atoms with Crippen molar-refractivity contribution in [1.29, 1.82) is 0 Å². The van der Waals surface area contributed by atoms with E-state index in [4.69, 9.17) is 5.73 Å². The molecule has 0 radical (unpaired) electrons. The Bertz CT molecular complexity index is 178. The van der Waals surface area contributed by atoms with Gasteiger partial charge in [-0.05, 0) is 31.3 Å². The molecule has 0 saturated carbocycles. The zero-order valence-electron chi connectivity index (χ0n) is 8.32. The number of thioether (sulfide) groups is 1. The summed E-state index contributed by atoms with van der Waals surface area (Å²) in [6, 6.07) is 0.0549. The van der Waals surface area contributed by atoms with Crippen LogP contribution in [-0.2, 0) is 4.79 Å². The highest BCUT2D eigenvalue weighted by Gasteiger charge is 2.23. The predicted molar refractivity (Wildman–Crippen MR) is 56.8 cm³/mol. The van der Waals surface area contributed by atoms with Gasteiger partial charge in [0, 0.05) is 13.1 Å². The fraction of sp³-hybridized carbons (Fsp3) is 0.889. The average Bonchev–Trinajstić information content (AvgIpc) is 2.17. The van der Waals surface area contributed by atoms with E-state index in [1.54, 1.807) is 6.92 Å². The number of nitrogens with two attached hydrogens (primary N) is 1. The van der Waals surface area contributed by atoms with Crippen LogP contribution in [-0.4, -0.2) is 41.4 Å². The third kappa shape index (κ3) is 2.88. The van der Waals surface area contributed by atoms with E-state index in [2.05, 4.69) is 0 Å². The van der Waals surface area contributed by atoms with Crippen molar-refractivity contribution in [2.45, 2.75) is 31.8 Å². The zero-order valence-corrected chi connectivity index (χ0v) is 9.14. The Morgan fingerprint density at radius 3 is 2.54 bits per heavy atom. The van der Waals surface area contributed by atoms with Gasteiger partial charge in [0.15, 0.2) is 0 Å². The summed E-state index contributed by atoms with van der Waals surface area (Å²) in [5, 5.41) is 0. The third-order valence-corrected chi connectivity index (χ3v) is 3.52. The first-order valence-corrected chi connectivity index (χ1v) is 5.88. The number of carbonyl (C=O) groups excluding carboxylic acids is 1. The molecule has 2 N–H and O–H groups in total. The lowest BCUT2D eigenvalue weighted by molar-refractivity contribution is -0.133. The van der Waals surface area contributed by atoms with E-state index in [0.29, 0.717) is 6.04 Å². The van der Waals surface area contributed by atoms with Gasteiger partial charge in [-0.3, -0.25) is 4.79 Å².